The molecule has 0 spiro atoms. The number of hydrogen-bond acceptors (Lipinski definition) is 4. The fraction of sp³-hybridized carbons (Fsp3) is 0.615. The van der Waals surface area contributed by atoms with E-state index >= 15 is 0 Å². The number of likely N-dealkylation sites (tertiary alicyclic amines) is 1. The molecule has 0 aliphatic carbocycles. The van der Waals surface area contributed by atoms with E-state index in [1.54, 1.807) is 11.3 Å². The monoisotopic (exact) mass is 267 g/mol. The lowest BCUT2D eigenvalue weighted by Gasteiger charge is -2.13. The Bertz CT molecular complexity index is 405. The van der Waals surface area contributed by atoms with E-state index in [1.165, 1.54) is 24.4 Å². The van der Waals surface area contributed by atoms with Crippen LogP contribution in [0.3, 0.4) is 0 Å². The van der Waals surface area contributed by atoms with Crippen LogP contribution in [-0.2, 0) is 6.54 Å². The van der Waals surface area contributed by atoms with Crippen molar-refractivity contribution < 1.29 is 4.79 Å². The molecule has 1 saturated heterocycles. The second-order valence-electron chi connectivity index (χ2n) is 4.84. The zero-order valence-electron chi connectivity index (χ0n) is 10.8. The van der Waals surface area contributed by atoms with Crippen LogP contribution in [0, 0.1) is 5.92 Å². The standard InChI is InChI=1S/C13H21N3OS/c1-2-16-4-3-10(8-16)6-15-7-12-5-11(9-18-12)13(14)17/h5,9-10,15H,2-4,6-8H2,1H3,(H2,14,17). The first-order valence-electron chi connectivity index (χ1n) is 6.49. The first-order valence-corrected chi connectivity index (χ1v) is 7.37. The number of primary amides is 1. The quantitative estimate of drug-likeness (QED) is 0.816. The van der Waals surface area contributed by atoms with E-state index in [0.29, 0.717) is 5.56 Å². The predicted molar refractivity (Wildman–Crippen MR) is 74.8 cm³/mol. The van der Waals surface area contributed by atoms with Crippen molar-refractivity contribution in [3.63, 3.8) is 0 Å². The highest BCUT2D eigenvalue weighted by molar-refractivity contribution is 7.10. The SMILES string of the molecule is CCN1CCC(CNCc2cc(C(N)=O)cs2)C1. The van der Waals surface area contributed by atoms with Gasteiger partial charge in [-0.05, 0) is 38.0 Å². The molecule has 0 aromatic carbocycles. The Hall–Kier alpha value is -0.910. The number of nitrogens with one attached hydrogen (secondary N) is 1. The number of carbonyl (C=O) groups excluding carboxylic acids is 1. The lowest BCUT2D eigenvalue weighted by atomic mass is 10.1. The van der Waals surface area contributed by atoms with Gasteiger partial charge in [-0.15, -0.1) is 11.3 Å². The van der Waals surface area contributed by atoms with Crippen molar-refractivity contribution in [1.82, 2.24) is 10.2 Å². The summed E-state index contributed by atoms with van der Waals surface area (Å²) in [5.74, 6) is 0.424. The number of nitrogens with two attached hydrogens (primary N) is 1. The van der Waals surface area contributed by atoms with Crippen molar-refractivity contribution in [2.75, 3.05) is 26.2 Å². The van der Waals surface area contributed by atoms with Gasteiger partial charge in [0.1, 0.15) is 0 Å². The van der Waals surface area contributed by atoms with Gasteiger partial charge in [0.15, 0.2) is 0 Å². The third-order valence-electron chi connectivity index (χ3n) is 3.49. The van der Waals surface area contributed by atoms with E-state index in [-0.39, 0.29) is 5.91 Å². The van der Waals surface area contributed by atoms with Crippen LogP contribution < -0.4 is 11.1 Å². The molecule has 1 aliphatic rings. The minimum atomic E-state index is -0.341. The number of rotatable bonds is 6. The van der Waals surface area contributed by atoms with Gasteiger partial charge >= 0.3 is 0 Å². The maximum absolute atomic E-state index is 11.0. The Labute approximate surface area is 112 Å². The minimum absolute atomic E-state index is 0.341. The highest BCUT2D eigenvalue weighted by Gasteiger charge is 2.20. The van der Waals surface area contributed by atoms with Crippen molar-refractivity contribution in [2.45, 2.75) is 19.9 Å². The maximum atomic E-state index is 11.0. The molecule has 3 N–H and O–H groups in total. The molecule has 1 aromatic heterocycles. The van der Waals surface area contributed by atoms with E-state index in [9.17, 15) is 4.79 Å². The minimum Gasteiger partial charge on any atom is -0.366 e. The van der Waals surface area contributed by atoms with Gasteiger partial charge in [0, 0.05) is 23.3 Å². The molecule has 0 saturated carbocycles. The van der Waals surface area contributed by atoms with Crippen LogP contribution >= 0.6 is 11.3 Å². The van der Waals surface area contributed by atoms with Crippen LogP contribution in [0.5, 0.6) is 0 Å². The summed E-state index contributed by atoms with van der Waals surface area (Å²) in [4.78, 5) is 14.6. The largest absolute Gasteiger partial charge is 0.366 e. The van der Waals surface area contributed by atoms with Gasteiger partial charge in [-0.25, -0.2) is 0 Å². The normalized spacial score (nSPS) is 20.4. The van der Waals surface area contributed by atoms with Gasteiger partial charge < -0.3 is 16.0 Å². The Kier molecular flexibility index (Phi) is 4.74. The van der Waals surface area contributed by atoms with Gasteiger partial charge in [-0.2, -0.15) is 0 Å². The molecule has 1 aromatic rings. The molecule has 0 radical (unpaired) electrons. The lowest BCUT2D eigenvalue weighted by Crippen LogP contribution is -2.26. The molecule has 2 heterocycles. The second kappa shape index (κ2) is 6.31. The topological polar surface area (TPSA) is 58.4 Å². The van der Waals surface area contributed by atoms with E-state index in [2.05, 4.69) is 17.1 Å². The van der Waals surface area contributed by atoms with Crippen molar-refractivity contribution >= 4 is 17.2 Å². The third kappa shape index (κ3) is 3.54. The molecule has 100 valence electrons. The summed E-state index contributed by atoms with van der Waals surface area (Å²) in [5, 5.41) is 5.30. The molecule has 4 nitrogen and oxygen atoms in total. The molecule has 1 amide bonds. The number of hydrogen-bond donors (Lipinski definition) is 2. The molecule has 0 bridgehead atoms. The smallest absolute Gasteiger partial charge is 0.249 e. The average molecular weight is 267 g/mol. The summed E-state index contributed by atoms with van der Waals surface area (Å²) in [6.45, 7) is 7.70. The third-order valence-corrected chi connectivity index (χ3v) is 4.42. The van der Waals surface area contributed by atoms with Gasteiger partial charge in [0.05, 0.1) is 5.56 Å². The van der Waals surface area contributed by atoms with E-state index < -0.39 is 0 Å². The van der Waals surface area contributed by atoms with Crippen molar-refractivity contribution in [3.8, 4) is 0 Å². The summed E-state index contributed by atoms with van der Waals surface area (Å²) >= 11 is 1.59. The Morgan fingerprint density at radius 2 is 2.50 bits per heavy atom. The van der Waals surface area contributed by atoms with Gasteiger partial charge in [0.25, 0.3) is 0 Å². The van der Waals surface area contributed by atoms with Crippen LogP contribution in [0.2, 0.25) is 0 Å². The second-order valence-corrected chi connectivity index (χ2v) is 5.84. The van der Waals surface area contributed by atoms with Crippen LogP contribution in [-0.4, -0.2) is 37.0 Å². The molecule has 5 heteroatoms. The van der Waals surface area contributed by atoms with Gasteiger partial charge in [0.2, 0.25) is 5.91 Å². The van der Waals surface area contributed by atoms with Crippen LogP contribution in [0.1, 0.15) is 28.6 Å². The predicted octanol–water partition coefficient (Wildman–Crippen LogP) is 1.28. The lowest BCUT2D eigenvalue weighted by molar-refractivity contribution is 0.100. The van der Waals surface area contributed by atoms with Crippen molar-refractivity contribution in [3.05, 3.63) is 21.9 Å². The average Bonchev–Trinajstić information content (AvgIpc) is 2.97. The first kappa shape index (κ1) is 13.5. The number of nitrogens with zero attached hydrogens (tertiary/aromatic N) is 1. The number of amides is 1. The summed E-state index contributed by atoms with van der Waals surface area (Å²) in [5.41, 5.74) is 5.85. The highest BCUT2D eigenvalue weighted by Crippen LogP contribution is 2.16. The number of thiophene rings is 1. The fourth-order valence-corrected chi connectivity index (χ4v) is 3.21. The van der Waals surface area contributed by atoms with Gasteiger partial charge in [-0.1, -0.05) is 6.92 Å². The summed E-state index contributed by atoms with van der Waals surface area (Å²) in [7, 11) is 0. The van der Waals surface area contributed by atoms with E-state index in [0.717, 1.165) is 25.6 Å². The zero-order chi connectivity index (χ0) is 13.0. The first-order chi connectivity index (χ1) is 8.69. The molecular weight excluding hydrogens is 246 g/mol. The molecule has 1 aliphatic heterocycles. The molecule has 1 fully saturated rings. The molecule has 1 atom stereocenters. The summed E-state index contributed by atoms with van der Waals surface area (Å²) < 4.78 is 0. The maximum Gasteiger partial charge on any atom is 0.249 e. The van der Waals surface area contributed by atoms with E-state index in [4.69, 9.17) is 5.73 Å². The molecule has 2 rings (SSSR count). The van der Waals surface area contributed by atoms with Crippen LogP contribution in [0.25, 0.3) is 0 Å². The van der Waals surface area contributed by atoms with Crippen molar-refractivity contribution in [1.29, 1.82) is 0 Å². The summed E-state index contributed by atoms with van der Waals surface area (Å²) in [6.07, 6.45) is 1.29. The molecule has 1 unspecified atom stereocenters. The van der Waals surface area contributed by atoms with Crippen LogP contribution in [0.15, 0.2) is 11.4 Å². The van der Waals surface area contributed by atoms with Crippen molar-refractivity contribution in [2.24, 2.45) is 11.7 Å². The Morgan fingerprint density at radius 1 is 1.67 bits per heavy atom. The zero-order valence-corrected chi connectivity index (χ0v) is 11.6. The van der Waals surface area contributed by atoms with E-state index in [1.807, 2.05) is 11.4 Å². The highest BCUT2D eigenvalue weighted by atomic mass is 32.1. The fourth-order valence-electron chi connectivity index (χ4n) is 2.37. The molecular formula is C13H21N3OS. The van der Waals surface area contributed by atoms with Gasteiger partial charge in [-0.3, -0.25) is 4.79 Å². The Balaban J connectivity index is 1.70. The Morgan fingerprint density at radius 3 is 3.11 bits per heavy atom. The molecule has 18 heavy (non-hydrogen) atoms. The summed E-state index contributed by atoms with van der Waals surface area (Å²) in [6, 6.07) is 1.88. The number of carbonyl (C=O) groups is 1. The van der Waals surface area contributed by atoms with Crippen LogP contribution in [0.4, 0.5) is 0 Å².